The van der Waals surface area contributed by atoms with Crippen LogP contribution in [0.4, 0.5) is 0 Å². The average molecular weight is 273 g/mol. The van der Waals surface area contributed by atoms with Crippen LogP contribution >= 0.6 is 0 Å². The molecule has 0 saturated carbocycles. The number of para-hydroxylation sites is 1. The smallest absolute Gasteiger partial charge is 0.252 e. The molecule has 0 bridgehead atoms. The van der Waals surface area contributed by atoms with Crippen LogP contribution in [0.15, 0.2) is 35.1 Å². The predicted octanol–water partition coefficient (Wildman–Crippen LogP) is 1.10. The molecule has 0 aliphatic heterocycles. The van der Waals surface area contributed by atoms with E-state index in [2.05, 4.69) is 10.3 Å². The molecule has 20 heavy (non-hydrogen) atoms. The molecule has 2 rings (SSSR count). The Balaban J connectivity index is 1.98. The molecule has 0 spiro atoms. The number of carbonyl (C=O) groups excluding carboxylic acids is 1. The molecule has 0 fully saturated rings. The fourth-order valence-corrected chi connectivity index (χ4v) is 1.97. The van der Waals surface area contributed by atoms with Crippen molar-refractivity contribution in [2.45, 2.75) is 13.0 Å². The van der Waals surface area contributed by atoms with Gasteiger partial charge in [0.2, 0.25) is 5.91 Å². The molecule has 106 valence electrons. The minimum atomic E-state index is -0.0878. The first-order chi connectivity index (χ1) is 9.58. The van der Waals surface area contributed by atoms with Crippen LogP contribution in [0, 0.1) is 0 Å². The number of carbonyl (C=O) groups is 1. The number of fused-ring (bicyclic) bond motifs is 1. The van der Waals surface area contributed by atoms with Crippen molar-refractivity contribution in [2.75, 3.05) is 20.6 Å². The summed E-state index contributed by atoms with van der Waals surface area (Å²) in [5.74, 6) is 0.0740. The molecule has 0 unspecified atom stereocenters. The number of benzene rings is 1. The largest absolute Gasteiger partial charge is 0.349 e. The van der Waals surface area contributed by atoms with Gasteiger partial charge in [0.15, 0.2) is 0 Å². The normalized spacial score (nSPS) is 10.7. The summed E-state index contributed by atoms with van der Waals surface area (Å²) in [6, 6.07) is 9.56. The zero-order chi connectivity index (χ0) is 14.5. The van der Waals surface area contributed by atoms with Gasteiger partial charge >= 0.3 is 0 Å². The summed E-state index contributed by atoms with van der Waals surface area (Å²) in [6.07, 6.45) is 0.429. The van der Waals surface area contributed by atoms with Gasteiger partial charge in [-0.15, -0.1) is 0 Å². The molecular weight excluding hydrogens is 254 g/mol. The van der Waals surface area contributed by atoms with Gasteiger partial charge in [-0.05, 0) is 17.5 Å². The summed E-state index contributed by atoms with van der Waals surface area (Å²) in [7, 11) is 3.47. The number of aromatic nitrogens is 1. The highest BCUT2D eigenvalue weighted by atomic mass is 16.2. The third-order valence-electron chi connectivity index (χ3n) is 3.16. The molecule has 1 amide bonds. The van der Waals surface area contributed by atoms with Crippen molar-refractivity contribution < 1.29 is 4.79 Å². The molecule has 0 aliphatic carbocycles. The van der Waals surface area contributed by atoms with Crippen molar-refractivity contribution in [3.05, 3.63) is 46.2 Å². The molecule has 1 heterocycles. The lowest BCUT2D eigenvalue weighted by molar-refractivity contribution is -0.128. The van der Waals surface area contributed by atoms with Crippen LogP contribution in [0.1, 0.15) is 12.0 Å². The van der Waals surface area contributed by atoms with Gasteiger partial charge in [0.1, 0.15) is 0 Å². The number of amides is 1. The van der Waals surface area contributed by atoms with E-state index >= 15 is 0 Å². The lowest BCUT2D eigenvalue weighted by atomic mass is 10.1. The van der Waals surface area contributed by atoms with E-state index in [4.69, 9.17) is 0 Å². The minimum Gasteiger partial charge on any atom is -0.349 e. The van der Waals surface area contributed by atoms with Crippen molar-refractivity contribution in [1.29, 1.82) is 0 Å². The molecule has 0 radical (unpaired) electrons. The van der Waals surface area contributed by atoms with Gasteiger partial charge < -0.3 is 15.2 Å². The summed E-state index contributed by atoms with van der Waals surface area (Å²) in [4.78, 5) is 27.7. The molecule has 5 heteroatoms. The van der Waals surface area contributed by atoms with E-state index < -0.39 is 0 Å². The maximum atomic E-state index is 11.9. The number of nitrogens with zero attached hydrogens (tertiary/aromatic N) is 1. The highest BCUT2D eigenvalue weighted by molar-refractivity contribution is 5.78. The Labute approximate surface area is 117 Å². The van der Waals surface area contributed by atoms with Crippen molar-refractivity contribution >= 4 is 16.8 Å². The first-order valence-electron chi connectivity index (χ1n) is 6.60. The fraction of sp³-hybridized carbons (Fsp3) is 0.333. The van der Waals surface area contributed by atoms with Gasteiger partial charge in [0.05, 0.1) is 0 Å². The molecule has 2 N–H and O–H groups in total. The van der Waals surface area contributed by atoms with E-state index in [1.807, 2.05) is 30.3 Å². The summed E-state index contributed by atoms with van der Waals surface area (Å²) in [6.45, 7) is 1.02. The Hall–Kier alpha value is -2.14. The number of H-pyrrole nitrogens is 1. The second-order valence-electron chi connectivity index (χ2n) is 4.93. The third-order valence-corrected chi connectivity index (χ3v) is 3.16. The topological polar surface area (TPSA) is 65.2 Å². The van der Waals surface area contributed by atoms with Crippen molar-refractivity contribution in [3.63, 3.8) is 0 Å². The predicted molar refractivity (Wildman–Crippen MR) is 79.6 cm³/mol. The maximum absolute atomic E-state index is 11.9. The van der Waals surface area contributed by atoms with Crippen LogP contribution in [0.3, 0.4) is 0 Å². The Morgan fingerprint density at radius 1 is 1.30 bits per heavy atom. The third kappa shape index (κ3) is 3.45. The molecule has 5 nitrogen and oxygen atoms in total. The van der Waals surface area contributed by atoms with E-state index in [0.717, 1.165) is 10.9 Å². The van der Waals surface area contributed by atoms with Crippen molar-refractivity contribution in [3.8, 4) is 0 Å². The van der Waals surface area contributed by atoms with Crippen LogP contribution in [0.2, 0.25) is 0 Å². The molecule has 0 saturated heterocycles. The first kappa shape index (κ1) is 14.3. The standard InChI is InChI=1S/C15H19N3O2/c1-18(2)14(19)7-8-16-10-12-9-11-5-3-4-6-13(11)17-15(12)20/h3-6,9,16H,7-8,10H2,1-2H3,(H,17,20). The number of aromatic amines is 1. The van der Waals surface area contributed by atoms with E-state index in [1.54, 1.807) is 19.0 Å². The van der Waals surface area contributed by atoms with Gasteiger partial charge in [0.25, 0.3) is 5.56 Å². The zero-order valence-corrected chi connectivity index (χ0v) is 11.8. The number of pyridine rings is 1. The van der Waals surface area contributed by atoms with Crippen molar-refractivity contribution in [2.24, 2.45) is 0 Å². The minimum absolute atomic E-state index is 0.0740. The highest BCUT2D eigenvalue weighted by Crippen LogP contribution is 2.09. The number of nitrogens with one attached hydrogen (secondary N) is 2. The molecule has 0 atom stereocenters. The van der Waals surface area contributed by atoms with Gasteiger partial charge in [-0.25, -0.2) is 0 Å². The second-order valence-corrected chi connectivity index (χ2v) is 4.93. The van der Waals surface area contributed by atoms with Crippen LogP contribution in [0.25, 0.3) is 10.9 Å². The van der Waals surface area contributed by atoms with Crippen LogP contribution < -0.4 is 10.9 Å². The Morgan fingerprint density at radius 3 is 2.80 bits per heavy atom. The summed E-state index contributed by atoms with van der Waals surface area (Å²) >= 11 is 0. The summed E-state index contributed by atoms with van der Waals surface area (Å²) in [5, 5.41) is 4.13. The van der Waals surface area contributed by atoms with Crippen LogP contribution in [-0.2, 0) is 11.3 Å². The molecule has 1 aromatic carbocycles. The van der Waals surface area contributed by atoms with Gasteiger partial charge in [-0.1, -0.05) is 18.2 Å². The van der Waals surface area contributed by atoms with Gasteiger partial charge in [0, 0.05) is 44.7 Å². The first-order valence-corrected chi connectivity index (χ1v) is 6.60. The van der Waals surface area contributed by atoms with E-state index in [0.29, 0.717) is 25.1 Å². The summed E-state index contributed by atoms with van der Waals surface area (Å²) in [5.41, 5.74) is 1.43. The van der Waals surface area contributed by atoms with Gasteiger partial charge in [-0.3, -0.25) is 9.59 Å². The van der Waals surface area contributed by atoms with Gasteiger partial charge in [-0.2, -0.15) is 0 Å². The van der Waals surface area contributed by atoms with Crippen molar-refractivity contribution in [1.82, 2.24) is 15.2 Å². The lowest BCUT2D eigenvalue weighted by Crippen LogP contribution is -2.27. The lowest BCUT2D eigenvalue weighted by Gasteiger charge is -2.10. The van der Waals surface area contributed by atoms with E-state index in [9.17, 15) is 9.59 Å². The second kappa shape index (κ2) is 6.34. The number of hydrogen-bond acceptors (Lipinski definition) is 3. The average Bonchev–Trinajstić information content (AvgIpc) is 2.43. The van der Waals surface area contributed by atoms with E-state index in [1.165, 1.54) is 0 Å². The quantitative estimate of drug-likeness (QED) is 0.802. The Bertz CT molecular complexity index is 661. The molecular formula is C15H19N3O2. The fourth-order valence-electron chi connectivity index (χ4n) is 1.97. The highest BCUT2D eigenvalue weighted by Gasteiger charge is 2.05. The molecule has 2 aromatic rings. The SMILES string of the molecule is CN(C)C(=O)CCNCc1cc2ccccc2[nH]c1=O. The Morgan fingerprint density at radius 2 is 2.05 bits per heavy atom. The monoisotopic (exact) mass is 273 g/mol. The Kier molecular flexibility index (Phi) is 4.53. The van der Waals surface area contributed by atoms with Crippen LogP contribution in [-0.4, -0.2) is 36.4 Å². The zero-order valence-electron chi connectivity index (χ0n) is 11.8. The summed E-state index contributed by atoms with van der Waals surface area (Å²) < 4.78 is 0. The van der Waals surface area contributed by atoms with Crippen LogP contribution in [0.5, 0.6) is 0 Å². The molecule has 0 aliphatic rings. The van der Waals surface area contributed by atoms with E-state index in [-0.39, 0.29) is 11.5 Å². The number of hydrogen-bond donors (Lipinski definition) is 2. The maximum Gasteiger partial charge on any atom is 0.252 e. The number of rotatable bonds is 5. The molecule has 1 aromatic heterocycles.